The normalized spacial score (nSPS) is 25.1. The molecule has 2 unspecified atom stereocenters. The highest BCUT2D eigenvalue weighted by Gasteiger charge is 2.36. The zero-order valence-corrected chi connectivity index (χ0v) is 10.5. The monoisotopic (exact) mass is 258 g/mol. The molecule has 1 aromatic carbocycles. The fourth-order valence-corrected chi connectivity index (χ4v) is 2.59. The first-order valence-electron chi connectivity index (χ1n) is 6.07. The smallest absolute Gasteiger partial charge is 0.161 e. The molecule has 0 amide bonds. The first-order valence-corrected chi connectivity index (χ1v) is 6.07. The van der Waals surface area contributed by atoms with Crippen LogP contribution in [-0.4, -0.2) is 23.5 Å². The molecular weight excluding hydrogens is 241 g/mol. The summed E-state index contributed by atoms with van der Waals surface area (Å²) in [6, 6.07) is 1.05. The number of nitrogens with two attached hydrogens (primary N) is 1. The maximum atomic E-state index is 13.8. The van der Waals surface area contributed by atoms with Crippen LogP contribution in [-0.2, 0) is 0 Å². The lowest BCUT2D eigenvalue weighted by Gasteiger charge is -2.30. The zero-order valence-electron chi connectivity index (χ0n) is 10.5. The Hall–Kier alpha value is -1.07. The Morgan fingerprint density at radius 1 is 1.17 bits per heavy atom. The van der Waals surface area contributed by atoms with E-state index in [4.69, 9.17) is 5.73 Å². The van der Waals surface area contributed by atoms with Gasteiger partial charge in [0, 0.05) is 30.3 Å². The molecule has 1 aromatic rings. The summed E-state index contributed by atoms with van der Waals surface area (Å²) in [4.78, 5) is 2.01. The van der Waals surface area contributed by atoms with E-state index in [9.17, 15) is 13.2 Å². The average Bonchev–Trinajstić information content (AvgIpc) is 2.66. The summed E-state index contributed by atoms with van der Waals surface area (Å²) in [6.07, 6.45) is 0.723. The Morgan fingerprint density at radius 2 is 1.78 bits per heavy atom. The van der Waals surface area contributed by atoms with E-state index >= 15 is 0 Å². The molecule has 5 heteroatoms. The summed E-state index contributed by atoms with van der Waals surface area (Å²) >= 11 is 0. The topological polar surface area (TPSA) is 29.3 Å². The Balaban J connectivity index is 2.43. The van der Waals surface area contributed by atoms with Crippen molar-refractivity contribution in [3.8, 4) is 0 Å². The minimum absolute atomic E-state index is 0.146. The van der Waals surface area contributed by atoms with Crippen LogP contribution in [0.3, 0.4) is 0 Å². The summed E-state index contributed by atoms with van der Waals surface area (Å²) in [5, 5.41) is 0. The van der Waals surface area contributed by atoms with Crippen molar-refractivity contribution in [1.29, 1.82) is 0 Å². The van der Waals surface area contributed by atoms with Crippen LogP contribution in [0.4, 0.5) is 13.2 Å². The molecule has 2 atom stereocenters. The van der Waals surface area contributed by atoms with Crippen LogP contribution in [0, 0.1) is 17.5 Å². The molecule has 0 aliphatic carbocycles. The lowest BCUT2D eigenvalue weighted by molar-refractivity contribution is 0.194. The van der Waals surface area contributed by atoms with Gasteiger partial charge in [0.15, 0.2) is 11.6 Å². The van der Waals surface area contributed by atoms with E-state index in [1.54, 1.807) is 0 Å². The molecule has 0 bridgehead atoms. The van der Waals surface area contributed by atoms with Crippen molar-refractivity contribution >= 4 is 0 Å². The van der Waals surface area contributed by atoms with Crippen molar-refractivity contribution in [1.82, 2.24) is 4.90 Å². The Kier molecular flexibility index (Phi) is 3.64. The number of rotatable bonds is 2. The summed E-state index contributed by atoms with van der Waals surface area (Å²) < 4.78 is 40.0. The summed E-state index contributed by atoms with van der Waals surface area (Å²) in [5.74, 6) is -2.94. The van der Waals surface area contributed by atoms with Gasteiger partial charge in [-0.05, 0) is 26.3 Å². The van der Waals surface area contributed by atoms with Gasteiger partial charge in [-0.15, -0.1) is 0 Å². The minimum Gasteiger partial charge on any atom is -0.326 e. The Labute approximate surface area is 105 Å². The molecule has 2 nitrogen and oxygen atoms in total. The second-order valence-electron chi connectivity index (χ2n) is 5.02. The number of likely N-dealkylation sites (tertiary alicyclic amines) is 1. The second-order valence-corrected chi connectivity index (χ2v) is 5.02. The minimum atomic E-state index is -1.17. The lowest BCUT2D eigenvalue weighted by atomic mass is 9.99. The number of hydrogen-bond acceptors (Lipinski definition) is 2. The van der Waals surface area contributed by atoms with Crippen LogP contribution < -0.4 is 5.73 Å². The standard InChI is InChI=1S/C13H17F3N2/c1-7(2)18-4-3-12(17)13(18)8-5-10(15)11(16)6-9(8)14/h5-7,12-13H,3-4,17H2,1-2H3. The largest absolute Gasteiger partial charge is 0.326 e. The van der Waals surface area contributed by atoms with E-state index in [0.29, 0.717) is 6.07 Å². The van der Waals surface area contributed by atoms with Crippen molar-refractivity contribution in [2.75, 3.05) is 6.54 Å². The quantitative estimate of drug-likeness (QED) is 0.826. The van der Waals surface area contributed by atoms with E-state index in [0.717, 1.165) is 19.0 Å². The lowest BCUT2D eigenvalue weighted by Crippen LogP contribution is -2.36. The highest BCUT2D eigenvalue weighted by Crippen LogP contribution is 2.34. The van der Waals surface area contributed by atoms with Crippen molar-refractivity contribution in [3.63, 3.8) is 0 Å². The predicted octanol–water partition coefficient (Wildman–Crippen LogP) is 2.59. The maximum absolute atomic E-state index is 13.8. The molecule has 0 spiro atoms. The number of hydrogen-bond donors (Lipinski definition) is 1. The first-order chi connectivity index (χ1) is 8.41. The molecule has 1 fully saturated rings. The highest BCUT2D eigenvalue weighted by molar-refractivity contribution is 5.26. The number of halogens is 3. The maximum Gasteiger partial charge on any atom is 0.161 e. The van der Waals surface area contributed by atoms with E-state index in [-0.39, 0.29) is 23.7 Å². The van der Waals surface area contributed by atoms with E-state index < -0.39 is 17.5 Å². The highest BCUT2D eigenvalue weighted by atomic mass is 19.2. The van der Waals surface area contributed by atoms with Crippen LogP contribution >= 0.6 is 0 Å². The van der Waals surface area contributed by atoms with Gasteiger partial charge in [-0.25, -0.2) is 13.2 Å². The fraction of sp³-hybridized carbons (Fsp3) is 0.538. The molecule has 1 aliphatic rings. The van der Waals surface area contributed by atoms with Crippen molar-refractivity contribution in [2.45, 2.75) is 38.4 Å². The summed E-state index contributed by atoms with van der Waals surface area (Å²) in [6.45, 7) is 4.69. The van der Waals surface area contributed by atoms with Crippen molar-refractivity contribution in [2.24, 2.45) is 5.73 Å². The molecule has 2 rings (SSSR count). The first kappa shape index (κ1) is 13.4. The van der Waals surface area contributed by atoms with Crippen LogP contribution in [0.5, 0.6) is 0 Å². The van der Waals surface area contributed by atoms with E-state index in [1.165, 1.54) is 0 Å². The SMILES string of the molecule is CC(C)N1CCC(N)C1c1cc(F)c(F)cc1F. The molecule has 18 heavy (non-hydrogen) atoms. The van der Waals surface area contributed by atoms with Crippen LogP contribution in [0.25, 0.3) is 0 Å². The summed E-state index contributed by atoms with van der Waals surface area (Å²) in [5.41, 5.74) is 6.12. The molecule has 0 saturated carbocycles. The second kappa shape index (κ2) is 4.90. The molecule has 1 saturated heterocycles. The van der Waals surface area contributed by atoms with Crippen molar-refractivity contribution in [3.05, 3.63) is 35.1 Å². The van der Waals surface area contributed by atoms with Gasteiger partial charge in [0.25, 0.3) is 0 Å². The van der Waals surface area contributed by atoms with Crippen molar-refractivity contribution < 1.29 is 13.2 Å². The van der Waals surface area contributed by atoms with Gasteiger partial charge in [-0.2, -0.15) is 0 Å². The van der Waals surface area contributed by atoms with E-state index in [2.05, 4.69) is 0 Å². The Morgan fingerprint density at radius 3 is 2.39 bits per heavy atom. The third kappa shape index (κ3) is 2.24. The third-order valence-corrected chi connectivity index (χ3v) is 3.51. The van der Waals surface area contributed by atoms with Gasteiger partial charge in [-0.3, -0.25) is 4.90 Å². The van der Waals surface area contributed by atoms with Gasteiger partial charge in [-0.1, -0.05) is 0 Å². The van der Waals surface area contributed by atoms with Gasteiger partial charge >= 0.3 is 0 Å². The molecule has 100 valence electrons. The van der Waals surface area contributed by atoms with Crippen LogP contribution in [0.1, 0.15) is 31.9 Å². The van der Waals surface area contributed by atoms with Gasteiger partial charge in [0.1, 0.15) is 5.82 Å². The predicted molar refractivity (Wildman–Crippen MR) is 63.5 cm³/mol. The summed E-state index contributed by atoms with van der Waals surface area (Å²) in [7, 11) is 0. The Bertz CT molecular complexity index is 448. The third-order valence-electron chi connectivity index (χ3n) is 3.51. The van der Waals surface area contributed by atoms with Crippen LogP contribution in [0.2, 0.25) is 0 Å². The molecule has 0 radical (unpaired) electrons. The van der Waals surface area contributed by atoms with Crippen LogP contribution in [0.15, 0.2) is 12.1 Å². The average molecular weight is 258 g/mol. The zero-order chi connectivity index (χ0) is 13.4. The number of nitrogens with zero attached hydrogens (tertiary/aromatic N) is 1. The molecule has 0 aromatic heterocycles. The fourth-order valence-electron chi connectivity index (χ4n) is 2.59. The molecule has 1 heterocycles. The molecule has 2 N–H and O–H groups in total. The number of benzene rings is 1. The van der Waals surface area contributed by atoms with Gasteiger partial charge < -0.3 is 5.73 Å². The molecule has 1 aliphatic heterocycles. The van der Waals surface area contributed by atoms with Gasteiger partial charge in [0.2, 0.25) is 0 Å². The van der Waals surface area contributed by atoms with E-state index in [1.807, 2.05) is 18.7 Å². The van der Waals surface area contributed by atoms with Gasteiger partial charge in [0.05, 0.1) is 6.04 Å². The molecular formula is C13H17F3N2.